The Kier molecular flexibility index (Phi) is 2.99. The number of ether oxygens (including phenoxy) is 1. The topological polar surface area (TPSA) is 42.1 Å². The number of aromatic amines is 1. The van der Waals surface area contributed by atoms with Crippen molar-refractivity contribution in [2.45, 2.75) is 0 Å². The lowest BCUT2D eigenvalue weighted by molar-refractivity contribution is 0.103. The van der Waals surface area contributed by atoms with Gasteiger partial charge in [0, 0.05) is 22.7 Å². The lowest BCUT2D eigenvalue weighted by atomic mass is 10.0. The molecule has 20 heavy (non-hydrogen) atoms. The van der Waals surface area contributed by atoms with Crippen LogP contribution in [0.25, 0.3) is 10.9 Å². The van der Waals surface area contributed by atoms with Crippen LogP contribution >= 0.6 is 0 Å². The minimum absolute atomic E-state index is 0.0419. The minimum atomic E-state index is -0.584. The van der Waals surface area contributed by atoms with E-state index in [4.69, 9.17) is 4.74 Å². The summed E-state index contributed by atoms with van der Waals surface area (Å²) < 4.78 is 19.1. The Labute approximate surface area is 115 Å². The lowest BCUT2D eigenvalue weighted by Crippen LogP contribution is -2.06. The minimum Gasteiger partial charge on any atom is -0.496 e. The van der Waals surface area contributed by atoms with Crippen molar-refractivity contribution in [3.63, 3.8) is 0 Å². The van der Waals surface area contributed by atoms with Crippen LogP contribution in [0.15, 0.2) is 48.7 Å². The van der Waals surface area contributed by atoms with E-state index in [2.05, 4.69) is 4.98 Å². The molecule has 1 heterocycles. The number of halogens is 1. The highest BCUT2D eigenvalue weighted by Crippen LogP contribution is 2.27. The molecule has 0 amide bonds. The van der Waals surface area contributed by atoms with E-state index in [1.54, 1.807) is 12.3 Å². The number of hydrogen-bond donors (Lipinski definition) is 1. The fourth-order valence-corrected chi connectivity index (χ4v) is 2.29. The molecule has 0 atom stereocenters. The quantitative estimate of drug-likeness (QED) is 0.739. The number of ketones is 1. The number of rotatable bonds is 3. The van der Waals surface area contributed by atoms with Gasteiger partial charge in [0.05, 0.1) is 7.11 Å². The number of carbonyl (C=O) groups excluding carboxylic acids is 1. The van der Waals surface area contributed by atoms with E-state index in [1.165, 1.54) is 19.2 Å². The van der Waals surface area contributed by atoms with Gasteiger partial charge in [-0.05, 0) is 18.2 Å². The number of carbonyl (C=O) groups is 1. The molecular formula is C16H12FNO2. The number of fused-ring (bicyclic) bond motifs is 1. The summed E-state index contributed by atoms with van der Waals surface area (Å²) in [5.74, 6) is -0.739. The van der Waals surface area contributed by atoms with Crippen molar-refractivity contribution in [3.8, 4) is 5.75 Å². The van der Waals surface area contributed by atoms with Crippen LogP contribution in [-0.2, 0) is 0 Å². The van der Waals surface area contributed by atoms with Gasteiger partial charge in [-0.3, -0.25) is 4.79 Å². The van der Waals surface area contributed by atoms with Crippen molar-refractivity contribution in [2.24, 2.45) is 0 Å². The molecule has 4 heteroatoms. The van der Waals surface area contributed by atoms with Crippen LogP contribution in [0.4, 0.5) is 4.39 Å². The first kappa shape index (κ1) is 12.4. The largest absolute Gasteiger partial charge is 0.496 e. The molecule has 0 radical (unpaired) electrons. The molecule has 3 aromatic rings. The monoisotopic (exact) mass is 269 g/mol. The molecule has 2 aromatic carbocycles. The summed E-state index contributed by atoms with van der Waals surface area (Å²) in [6.07, 6.45) is 1.60. The number of aromatic nitrogens is 1. The average molecular weight is 269 g/mol. The van der Waals surface area contributed by atoms with E-state index in [0.717, 1.165) is 10.9 Å². The Morgan fingerprint density at radius 1 is 1.15 bits per heavy atom. The standard InChI is InChI=1S/C16H12FNO2/c1-20-14-8-4-6-12(17)15(14)16(19)11-9-18-13-7-3-2-5-10(11)13/h2-9,18H,1H3. The van der Waals surface area contributed by atoms with Gasteiger partial charge in [0.15, 0.2) is 0 Å². The van der Waals surface area contributed by atoms with Gasteiger partial charge in [-0.25, -0.2) is 4.39 Å². The van der Waals surface area contributed by atoms with E-state index >= 15 is 0 Å². The molecule has 3 rings (SSSR count). The molecule has 0 bridgehead atoms. The Balaban J connectivity index is 2.19. The summed E-state index contributed by atoms with van der Waals surface area (Å²) in [4.78, 5) is 15.6. The first-order valence-corrected chi connectivity index (χ1v) is 6.15. The zero-order valence-electron chi connectivity index (χ0n) is 10.8. The third kappa shape index (κ3) is 1.86. The number of nitrogens with one attached hydrogen (secondary N) is 1. The van der Waals surface area contributed by atoms with Crippen molar-refractivity contribution in [3.05, 3.63) is 65.6 Å². The van der Waals surface area contributed by atoms with Gasteiger partial charge in [0.1, 0.15) is 17.1 Å². The second-order valence-electron chi connectivity index (χ2n) is 4.39. The predicted octanol–water partition coefficient (Wildman–Crippen LogP) is 3.55. The Morgan fingerprint density at radius 3 is 2.75 bits per heavy atom. The van der Waals surface area contributed by atoms with Gasteiger partial charge < -0.3 is 9.72 Å². The van der Waals surface area contributed by atoms with Crippen LogP contribution in [0.3, 0.4) is 0 Å². The maximum atomic E-state index is 14.0. The number of benzene rings is 2. The van der Waals surface area contributed by atoms with E-state index in [-0.39, 0.29) is 11.3 Å². The van der Waals surface area contributed by atoms with E-state index in [0.29, 0.717) is 5.56 Å². The Bertz CT molecular complexity index is 792. The van der Waals surface area contributed by atoms with E-state index < -0.39 is 11.6 Å². The zero-order chi connectivity index (χ0) is 14.1. The molecule has 0 unspecified atom stereocenters. The molecule has 100 valence electrons. The summed E-state index contributed by atoms with van der Waals surface area (Å²) in [5.41, 5.74) is 1.23. The van der Waals surface area contributed by atoms with Gasteiger partial charge in [-0.1, -0.05) is 24.3 Å². The number of para-hydroxylation sites is 1. The summed E-state index contributed by atoms with van der Waals surface area (Å²) in [5, 5.41) is 0.766. The summed E-state index contributed by atoms with van der Waals surface area (Å²) >= 11 is 0. The Morgan fingerprint density at radius 2 is 1.95 bits per heavy atom. The van der Waals surface area contributed by atoms with Crippen LogP contribution < -0.4 is 4.74 Å². The molecular weight excluding hydrogens is 257 g/mol. The molecule has 0 aliphatic carbocycles. The summed E-state index contributed by atoms with van der Waals surface area (Å²) in [6, 6.07) is 11.7. The lowest BCUT2D eigenvalue weighted by Gasteiger charge is -2.07. The van der Waals surface area contributed by atoms with E-state index in [1.807, 2.05) is 24.3 Å². The molecule has 3 nitrogen and oxygen atoms in total. The highest BCUT2D eigenvalue weighted by atomic mass is 19.1. The van der Waals surface area contributed by atoms with Crippen LogP contribution in [0, 0.1) is 5.82 Å². The van der Waals surface area contributed by atoms with Gasteiger partial charge in [-0.15, -0.1) is 0 Å². The number of H-pyrrole nitrogens is 1. The Hall–Kier alpha value is -2.62. The normalized spacial score (nSPS) is 10.7. The number of hydrogen-bond acceptors (Lipinski definition) is 2. The van der Waals surface area contributed by atoms with Crippen molar-refractivity contribution in [1.82, 2.24) is 4.98 Å². The maximum absolute atomic E-state index is 14.0. The third-order valence-corrected chi connectivity index (χ3v) is 3.26. The molecule has 0 aliphatic heterocycles. The highest BCUT2D eigenvalue weighted by Gasteiger charge is 2.21. The van der Waals surface area contributed by atoms with Crippen LogP contribution in [0.1, 0.15) is 15.9 Å². The molecule has 0 spiro atoms. The predicted molar refractivity (Wildman–Crippen MR) is 74.7 cm³/mol. The fraction of sp³-hybridized carbons (Fsp3) is 0.0625. The molecule has 0 aliphatic rings. The molecule has 0 saturated heterocycles. The van der Waals surface area contributed by atoms with Crippen LogP contribution in [0.5, 0.6) is 5.75 Å². The van der Waals surface area contributed by atoms with E-state index in [9.17, 15) is 9.18 Å². The van der Waals surface area contributed by atoms with Crippen molar-refractivity contribution in [2.75, 3.05) is 7.11 Å². The maximum Gasteiger partial charge on any atom is 0.201 e. The van der Waals surface area contributed by atoms with Crippen LogP contribution in [-0.4, -0.2) is 17.9 Å². The fourth-order valence-electron chi connectivity index (χ4n) is 2.29. The smallest absolute Gasteiger partial charge is 0.201 e. The zero-order valence-corrected chi connectivity index (χ0v) is 10.8. The second-order valence-corrected chi connectivity index (χ2v) is 4.39. The first-order chi connectivity index (χ1) is 9.72. The molecule has 1 N–H and O–H groups in total. The van der Waals surface area contributed by atoms with Gasteiger partial charge in [0.2, 0.25) is 5.78 Å². The van der Waals surface area contributed by atoms with Crippen molar-refractivity contribution >= 4 is 16.7 Å². The van der Waals surface area contributed by atoms with Gasteiger partial charge >= 0.3 is 0 Å². The third-order valence-electron chi connectivity index (χ3n) is 3.26. The summed E-state index contributed by atoms with van der Waals surface area (Å²) in [7, 11) is 1.42. The van der Waals surface area contributed by atoms with Gasteiger partial charge in [-0.2, -0.15) is 0 Å². The molecule has 0 saturated carbocycles. The highest BCUT2D eigenvalue weighted by molar-refractivity contribution is 6.17. The molecule has 0 fully saturated rings. The van der Waals surface area contributed by atoms with Crippen LogP contribution in [0.2, 0.25) is 0 Å². The van der Waals surface area contributed by atoms with Crippen molar-refractivity contribution < 1.29 is 13.9 Å². The second kappa shape index (κ2) is 4.81. The molecule has 1 aromatic heterocycles. The number of methoxy groups -OCH3 is 1. The summed E-state index contributed by atoms with van der Waals surface area (Å²) in [6.45, 7) is 0. The SMILES string of the molecule is COc1cccc(F)c1C(=O)c1c[nH]c2ccccc12. The first-order valence-electron chi connectivity index (χ1n) is 6.15. The van der Waals surface area contributed by atoms with Crippen molar-refractivity contribution in [1.29, 1.82) is 0 Å². The average Bonchev–Trinajstić information content (AvgIpc) is 2.90. The van der Waals surface area contributed by atoms with Gasteiger partial charge in [0.25, 0.3) is 0 Å².